The van der Waals surface area contributed by atoms with Crippen LogP contribution in [0.1, 0.15) is 11.1 Å². The average molecular weight is 344 g/mol. The molecule has 0 fully saturated rings. The van der Waals surface area contributed by atoms with Crippen molar-refractivity contribution >= 4 is 11.7 Å². The largest absolute Gasteiger partial charge is 0.496 e. The summed E-state index contributed by atoms with van der Waals surface area (Å²) >= 11 is 0. The molecule has 2 rings (SSSR count). The van der Waals surface area contributed by atoms with Gasteiger partial charge in [-0.3, -0.25) is 0 Å². The Kier molecular flexibility index (Phi) is 6.51. The molecule has 2 aromatic rings. The van der Waals surface area contributed by atoms with Crippen LogP contribution in [0.25, 0.3) is 0 Å². The molecule has 2 N–H and O–H groups in total. The van der Waals surface area contributed by atoms with Gasteiger partial charge in [0, 0.05) is 18.3 Å². The third-order valence-corrected chi connectivity index (χ3v) is 3.78. The monoisotopic (exact) mass is 344 g/mol. The van der Waals surface area contributed by atoms with E-state index >= 15 is 0 Å². The minimum absolute atomic E-state index is 0.247. The Bertz CT molecular complexity index is 714. The van der Waals surface area contributed by atoms with Gasteiger partial charge < -0.3 is 24.8 Å². The molecule has 134 valence electrons. The SMILES string of the molecule is COc1cc(OC)c(OC)cc1CCNC(=O)Nc1ccc(C)cc1. The molecule has 0 aliphatic heterocycles. The van der Waals surface area contributed by atoms with E-state index in [4.69, 9.17) is 14.2 Å². The molecule has 0 aliphatic carbocycles. The van der Waals surface area contributed by atoms with E-state index in [0.29, 0.717) is 30.2 Å². The van der Waals surface area contributed by atoms with Crippen molar-refractivity contribution < 1.29 is 19.0 Å². The van der Waals surface area contributed by atoms with Crippen LogP contribution < -0.4 is 24.8 Å². The van der Waals surface area contributed by atoms with Gasteiger partial charge >= 0.3 is 6.03 Å². The van der Waals surface area contributed by atoms with E-state index in [9.17, 15) is 4.79 Å². The van der Waals surface area contributed by atoms with Gasteiger partial charge in [0.15, 0.2) is 11.5 Å². The molecule has 2 amide bonds. The number of anilines is 1. The summed E-state index contributed by atoms with van der Waals surface area (Å²) in [6, 6.07) is 11.0. The summed E-state index contributed by atoms with van der Waals surface area (Å²) in [4.78, 5) is 12.0. The van der Waals surface area contributed by atoms with Gasteiger partial charge in [-0.15, -0.1) is 0 Å². The first-order valence-corrected chi connectivity index (χ1v) is 7.97. The van der Waals surface area contributed by atoms with Crippen LogP contribution in [0.5, 0.6) is 17.2 Å². The fourth-order valence-electron chi connectivity index (χ4n) is 2.41. The van der Waals surface area contributed by atoms with Gasteiger partial charge in [-0.25, -0.2) is 4.79 Å². The maximum absolute atomic E-state index is 12.0. The first-order valence-electron chi connectivity index (χ1n) is 7.97. The molecule has 6 heteroatoms. The van der Waals surface area contributed by atoms with Crippen molar-refractivity contribution in [2.24, 2.45) is 0 Å². The zero-order valence-electron chi connectivity index (χ0n) is 15.0. The third kappa shape index (κ3) is 5.04. The van der Waals surface area contributed by atoms with Crippen LogP contribution in [-0.4, -0.2) is 33.9 Å². The van der Waals surface area contributed by atoms with Crippen LogP contribution in [0.2, 0.25) is 0 Å². The van der Waals surface area contributed by atoms with E-state index in [0.717, 1.165) is 16.8 Å². The van der Waals surface area contributed by atoms with E-state index in [1.54, 1.807) is 27.4 Å². The third-order valence-electron chi connectivity index (χ3n) is 3.78. The van der Waals surface area contributed by atoms with Crippen LogP contribution in [0.3, 0.4) is 0 Å². The minimum Gasteiger partial charge on any atom is -0.496 e. The van der Waals surface area contributed by atoms with Crippen molar-refractivity contribution in [3.63, 3.8) is 0 Å². The Morgan fingerprint density at radius 1 is 0.920 bits per heavy atom. The predicted octanol–water partition coefficient (Wildman–Crippen LogP) is 3.39. The molecular weight excluding hydrogens is 320 g/mol. The highest BCUT2D eigenvalue weighted by molar-refractivity contribution is 5.89. The van der Waals surface area contributed by atoms with E-state index < -0.39 is 0 Å². The average Bonchev–Trinajstić information content (AvgIpc) is 2.63. The highest BCUT2D eigenvalue weighted by atomic mass is 16.5. The van der Waals surface area contributed by atoms with Crippen molar-refractivity contribution in [3.8, 4) is 17.2 Å². The molecule has 0 heterocycles. The standard InChI is InChI=1S/C19H24N2O4/c1-13-5-7-15(8-6-13)21-19(22)20-10-9-14-11-17(24-3)18(25-4)12-16(14)23-2/h5-8,11-12H,9-10H2,1-4H3,(H2,20,21,22). The summed E-state index contributed by atoms with van der Waals surface area (Å²) in [6.45, 7) is 2.46. The smallest absolute Gasteiger partial charge is 0.319 e. The molecule has 0 spiro atoms. The van der Waals surface area contributed by atoms with Crippen molar-refractivity contribution in [2.75, 3.05) is 33.2 Å². The molecule has 0 saturated heterocycles. The van der Waals surface area contributed by atoms with Crippen LogP contribution in [0.15, 0.2) is 36.4 Å². The summed E-state index contributed by atoms with van der Waals surface area (Å²) in [6.07, 6.45) is 0.602. The number of aryl methyl sites for hydroxylation is 1. The second-order valence-corrected chi connectivity index (χ2v) is 5.52. The van der Waals surface area contributed by atoms with Crippen LogP contribution in [-0.2, 0) is 6.42 Å². The molecule has 0 unspecified atom stereocenters. The summed E-state index contributed by atoms with van der Waals surface area (Å²) in [7, 11) is 4.76. The molecule has 0 aromatic heterocycles. The van der Waals surface area contributed by atoms with Gasteiger partial charge in [0.05, 0.1) is 21.3 Å². The van der Waals surface area contributed by atoms with E-state index in [1.807, 2.05) is 37.3 Å². The number of methoxy groups -OCH3 is 3. The lowest BCUT2D eigenvalue weighted by Gasteiger charge is -2.14. The Hall–Kier alpha value is -2.89. The molecular formula is C19H24N2O4. The van der Waals surface area contributed by atoms with Gasteiger partial charge in [-0.05, 0) is 37.1 Å². The van der Waals surface area contributed by atoms with Crippen molar-refractivity contribution in [2.45, 2.75) is 13.3 Å². The number of nitrogens with one attached hydrogen (secondary N) is 2. The molecule has 0 atom stereocenters. The molecule has 0 aliphatic rings. The van der Waals surface area contributed by atoms with Crippen molar-refractivity contribution in [1.29, 1.82) is 0 Å². The number of carbonyl (C=O) groups excluding carboxylic acids is 1. The van der Waals surface area contributed by atoms with Crippen molar-refractivity contribution in [3.05, 3.63) is 47.5 Å². The highest BCUT2D eigenvalue weighted by Crippen LogP contribution is 2.34. The second-order valence-electron chi connectivity index (χ2n) is 5.52. The molecule has 0 bridgehead atoms. The fourth-order valence-corrected chi connectivity index (χ4v) is 2.41. The van der Waals surface area contributed by atoms with E-state index in [1.165, 1.54) is 0 Å². The van der Waals surface area contributed by atoms with Crippen LogP contribution in [0.4, 0.5) is 10.5 Å². The Balaban J connectivity index is 1.94. The number of hydrogen-bond donors (Lipinski definition) is 2. The first kappa shape index (κ1) is 18.4. The molecule has 0 saturated carbocycles. The second kappa shape index (κ2) is 8.82. The molecule has 6 nitrogen and oxygen atoms in total. The summed E-state index contributed by atoms with van der Waals surface area (Å²) in [5.41, 5.74) is 2.83. The van der Waals surface area contributed by atoms with Crippen molar-refractivity contribution in [1.82, 2.24) is 5.32 Å². The maximum Gasteiger partial charge on any atom is 0.319 e. The molecule has 25 heavy (non-hydrogen) atoms. The summed E-state index contributed by atoms with van der Waals surface area (Å²) in [5.74, 6) is 1.92. The number of urea groups is 1. The summed E-state index contributed by atoms with van der Waals surface area (Å²) in [5, 5.41) is 5.63. The first-order chi connectivity index (χ1) is 12.1. The topological polar surface area (TPSA) is 68.8 Å². The Morgan fingerprint density at radius 3 is 2.12 bits per heavy atom. The number of carbonyl (C=O) groups is 1. The lowest BCUT2D eigenvalue weighted by molar-refractivity contribution is 0.252. The van der Waals surface area contributed by atoms with E-state index in [2.05, 4.69) is 10.6 Å². The maximum atomic E-state index is 12.0. The summed E-state index contributed by atoms with van der Waals surface area (Å²) < 4.78 is 16.0. The fraction of sp³-hybridized carbons (Fsp3) is 0.316. The lowest BCUT2D eigenvalue weighted by atomic mass is 10.1. The normalized spacial score (nSPS) is 10.1. The molecule has 2 aromatic carbocycles. The molecule has 0 radical (unpaired) electrons. The van der Waals surface area contributed by atoms with Crippen LogP contribution in [0, 0.1) is 6.92 Å². The van der Waals surface area contributed by atoms with Gasteiger partial charge in [0.25, 0.3) is 0 Å². The zero-order chi connectivity index (χ0) is 18.2. The van der Waals surface area contributed by atoms with Gasteiger partial charge in [-0.2, -0.15) is 0 Å². The number of benzene rings is 2. The minimum atomic E-state index is -0.247. The van der Waals surface area contributed by atoms with Gasteiger partial charge in [-0.1, -0.05) is 17.7 Å². The Morgan fingerprint density at radius 2 is 1.52 bits per heavy atom. The quantitative estimate of drug-likeness (QED) is 0.808. The Labute approximate surface area is 148 Å². The lowest BCUT2D eigenvalue weighted by Crippen LogP contribution is -2.30. The number of hydrogen-bond acceptors (Lipinski definition) is 4. The predicted molar refractivity (Wildman–Crippen MR) is 98.0 cm³/mol. The van der Waals surface area contributed by atoms with Crippen LogP contribution >= 0.6 is 0 Å². The zero-order valence-corrected chi connectivity index (χ0v) is 15.0. The highest BCUT2D eigenvalue weighted by Gasteiger charge is 2.12. The number of rotatable bonds is 7. The van der Waals surface area contributed by atoms with Gasteiger partial charge in [0.2, 0.25) is 0 Å². The van der Waals surface area contributed by atoms with Gasteiger partial charge in [0.1, 0.15) is 5.75 Å². The number of amides is 2. The van der Waals surface area contributed by atoms with E-state index in [-0.39, 0.29) is 6.03 Å². The number of ether oxygens (including phenoxy) is 3.